The van der Waals surface area contributed by atoms with Crippen LogP contribution in [0.15, 0.2) is 12.4 Å². The fourth-order valence-corrected chi connectivity index (χ4v) is 2.83. The van der Waals surface area contributed by atoms with Gasteiger partial charge in [0.1, 0.15) is 6.10 Å². The van der Waals surface area contributed by atoms with E-state index in [4.69, 9.17) is 0 Å². The topological polar surface area (TPSA) is 61.6 Å². The maximum atomic E-state index is 11.7. The Morgan fingerprint density at radius 2 is 1.91 bits per heavy atom. The van der Waals surface area contributed by atoms with Crippen LogP contribution in [0.2, 0.25) is 0 Å². The van der Waals surface area contributed by atoms with Gasteiger partial charge in [0.15, 0.2) is 0 Å². The Labute approximate surface area is 132 Å². The number of aromatic nitrogens is 2. The fraction of sp³-hybridized carbons (Fsp3) is 0.750. The lowest BCUT2D eigenvalue weighted by Gasteiger charge is -2.35. The molecular weight excluding hydrogens is 280 g/mol. The summed E-state index contributed by atoms with van der Waals surface area (Å²) in [5, 5.41) is 13.6. The Bertz CT molecular complexity index is 464. The van der Waals surface area contributed by atoms with Crippen molar-refractivity contribution in [3.8, 4) is 0 Å². The molecule has 1 aliphatic heterocycles. The van der Waals surface area contributed by atoms with Gasteiger partial charge in [0, 0.05) is 38.9 Å². The minimum atomic E-state index is -0.877. The number of aliphatic hydroxyl groups is 1. The van der Waals surface area contributed by atoms with Crippen LogP contribution in [-0.2, 0) is 11.3 Å². The summed E-state index contributed by atoms with van der Waals surface area (Å²) in [5.74, 6) is -0.144. The van der Waals surface area contributed by atoms with Gasteiger partial charge in [0.25, 0.3) is 5.91 Å². The van der Waals surface area contributed by atoms with Gasteiger partial charge < -0.3 is 10.0 Å². The standard InChI is InChI=1S/C16H28N4O2/c1-14-12-17-20(13-14)7-5-3-4-6-18-8-10-19(11-9-18)16(22)15(2)21/h12-13,15,21H,3-11H2,1-2H3. The number of amides is 1. The number of aryl methyl sites for hydroxylation is 2. The summed E-state index contributed by atoms with van der Waals surface area (Å²) in [6, 6.07) is 0. The van der Waals surface area contributed by atoms with Gasteiger partial charge in [0.05, 0.1) is 6.20 Å². The number of carbonyl (C=O) groups excluding carboxylic acids is 1. The van der Waals surface area contributed by atoms with Gasteiger partial charge >= 0.3 is 0 Å². The van der Waals surface area contributed by atoms with E-state index in [1.807, 2.05) is 10.9 Å². The Morgan fingerprint density at radius 3 is 2.50 bits per heavy atom. The highest BCUT2D eigenvalue weighted by atomic mass is 16.3. The van der Waals surface area contributed by atoms with E-state index in [0.717, 1.165) is 45.7 Å². The molecule has 0 spiro atoms. The Balaban J connectivity index is 1.54. The molecule has 1 amide bonds. The van der Waals surface area contributed by atoms with Crippen molar-refractivity contribution in [1.29, 1.82) is 0 Å². The SMILES string of the molecule is Cc1cnn(CCCCCN2CCN(C(=O)C(C)O)CC2)c1. The molecule has 0 aromatic carbocycles. The molecule has 2 heterocycles. The molecule has 2 rings (SSSR count). The lowest BCUT2D eigenvalue weighted by Crippen LogP contribution is -2.51. The van der Waals surface area contributed by atoms with Crippen molar-refractivity contribution >= 4 is 5.91 Å². The lowest BCUT2D eigenvalue weighted by atomic mass is 10.2. The fourth-order valence-electron chi connectivity index (χ4n) is 2.83. The summed E-state index contributed by atoms with van der Waals surface area (Å²) in [7, 11) is 0. The summed E-state index contributed by atoms with van der Waals surface area (Å²) < 4.78 is 2.01. The van der Waals surface area contributed by atoms with E-state index in [0.29, 0.717) is 0 Å². The first-order chi connectivity index (χ1) is 10.6. The van der Waals surface area contributed by atoms with Gasteiger partial charge in [-0.15, -0.1) is 0 Å². The molecule has 6 nitrogen and oxygen atoms in total. The van der Waals surface area contributed by atoms with Crippen molar-refractivity contribution in [2.45, 2.75) is 45.8 Å². The first kappa shape index (κ1) is 17.0. The highest BCUT2D eigenvalue weighted by Crippen LogP contribution is 2.07. The highest BCUT2D eigenvalue weighted by molar-refractivity contribution is 5.80. The van der Waals surface area contributed by atoms with Gasteiger partial charge in [-0.25, -0.2) is 0 Å². The summed E-state index contributed by atoms with van der Waals surface area (Å²) >= 11 is 0. The van der Waals surface area contributed by atoms with Gasteiger partial charge in [-0.2, -0.15) is 5.10 Å². The molecule has 0 aliphatic carbocycles. The summed E-state index contributed by atoms with van der Waals surface area (Å²) in [6.45, 7) is 8.97. The van der Waals surface area contributed by atoms with Crippen LogP contribution in [0, 0.1) is 6.92 Å². The molecule has 1 aromatic heterocycles. The van der Waals surface area contributed by atoms with E-state index in [-0.39, 0.29) is 5.91 Å². The molecule has 1 aliphatic rings. The number of nitrogens with zero attached hydrogens (tertiary/aromatic N) is 4. The zero-order valence-corrected chi connectivity index (χ0v) is 13.7. The maximum absolute atomic E-state index is 11.7. The predicted octanol–water partition coefficient (Wildman–Crippen LogP) is 0.887. The number of aliphatic hydroxyl groups excluding tert-OH is 1. The molecular formula is C16H28N4O2. The van der Waals surface area contributed by atoms with Gasteiger partial charge in [0.2, 0.25) is 0 Å². The second-order valence-corrected chi connectivity index (χ2v) is 6.18. The first-order valence-corrected chi connectivity index (χ1v) is 8.24. The third-order valence-corrected chi connectivity index (χ3v) is 4.17. The molecule has 6 heteroatoms. The first-order valence-electron chi connectivity index (χ1n) is 8.24. The molecule has 124 valence electrons. The molecule has 1 unspecified atom stereocenters. The highest BCUT2D eigenvalue weighted by Gasteiger charge is 2.23. The summed E-state index contributed by atoms with van der Waals surface area (Å²) in [4.78, 5) is 15.9. The zero-order valence-electron chi connectivity index (χ0n) is 13.7. The minimum absolute atomic E-state index is 0.144. The van der Waals surface area contributed by atoms with Gasteiger partial charge in [-0.05, 0) is 38.8 Å². The van der Waals surface area contributed by atoms with E-state index in [1.165, 1.54) is 25.3 Å². The van der Waals surface area contributed by atoms with E-state index >= 15 is 0 Å². The van der Waals surface area contributed by atoms with Crippen LogP contribution in [0.1, 0.15) is 31.7 Å². The molecule has 1 fully saturated rings. The largest absolute Gasteiger partial charge is 0.384 e. The van der Waals surface area contributed by atoms with Crippen LogP contribution < -0.4 is 0 Å². The number of hydrogen-bond acceptors (Lipinski definition) is 4. The number of rotatable bonds is 7. The van der Waals surface area contributed by atoms with Crippen molar-refractivity contribution in [3.05, 3.63) is 18.0 Å². The van der Waals surface area contributed by atoms with Gasteiger partial charge in [-0.1, -0.05) is 6.42 Å². The molecule has 0 bridgehead atoms. The van der Waals surface area contributed by atoms with Crippen molar-refractivity contribution in [1.82, 2.24) is 19.6 Å². The second-order valence-electron chi connectivity index (χ2n) is 6.18. The molecule has 0 radical (unpaired) electrons. The van der Waals surface area contributed by atoms with Crippen molar-refractivity contribution < 1.29 is 9.90 Å². The number of piperazine rings is 1. The second kappa shape index (κ2) is 8.29. The lowest BCUT2D eigenvalue weighted by molar-refractivity contribution is -0.141. The molecule has 0 saturated carbocycles. The van der Waals surface area contributed by atoms with Crippen molar-refractivity contribution in [2.24, 2.45) is 0 Å². The van der Waals surface area contributed by atoms with Crippen LogP contribution in [-0.4, -0.2) is 69.4 Å². The molecule has 1 aromatic rings. The Morgan fingerprint density at radius 1 is 1.23 bits per heavy atom. The average Bonchev–Trinajstić information content (AvgIpc) is 2.92. The number of carbonyl (C=O) groups is 1. The molecule has 22 heavy (non-hydrogen) atoms. The smallest absolute Gasteiger partial charge is 0.251 e. The zero-order chi connectivity index (χ0) is 15.9. The van der Waals surface area contributed by atoms with Crippen LogP contribution in [0.3, 0.4) is 0 Å². The van der Waals surface area contributed by atoms with E-state index < -0.39 is 6.10 Å². The van der Waals surface area contributed by atoms with Crippen LogP contribution >= 0.6 is 0 Å². The summed E-state index contributed by atoms with van der Waals surface area (Å²) in [6.07, 6.45) is 6.64. The van der Waals surface area contributed by atoms with Crippen LogP contribution in [0.5, 0.6) is 0 Å². The number of unbranched alkanes of at least 4 members (excludes halogenated alkanes) is 2. The van der Waals surface area contributed by atoms with Crippen LogP contribution in [0.4, 0.5) is 0 Å². The maximum Gasteiger partial charge on any atom is 0.251 e. The quantitative estimate of drug-likeness (QED) is 0.760. The Kier molecular flexibility index (Phi) is 6.39. The average molecular weight is 308 g/mol. The van der Waals surface area contributed by atoms with Crippen molar-refractivity contribution in [2.75, 3.05) is 32.7 Å². The van der Waals surface area contributed by atoms with Crippen molar-refractivity contribution in [3.63, 3.8) is 0 Å². The Hall–Kier alpha value is -1.40. The summed E-state index contributed by atoms with van der Waals surface area (Å²) in [5.41, 5.74) is 1.21. The third kappa shape index (κ3) is 5.10. The van der Waals surface area contributed by atoms with Gasteiger partial charge in [-0.3, -0.25) is 14.4 Å². The molecule has 1 N–H and O–H groups in total. The van der Waals surface area contributed by atoms with E-state index in [1.54, 1.807) is 4.90 Å². The minimum Gasteiger partial charge on any atom is -0.384 e. The molecule has 1 saturated heterocycles. The normalized spacial score (nSPS) is 17.7. The third-order valence-electron chi connectivity index (χ3n) is 4.17. The predicted molar refractivity (Wildman–Crippen MR) is 85.5 cm³/mol. The monoisotopic (exact) mass is 308 g/mol. The van der Waals surface area contributed by atoms with E-state index in [9.17, 15) is 9.90 Å². The van der Waals surface area contributed by atoms with Crippen LogP contribution in [0.25, 0.3) is 0 Å². The number of hydrogen-bond donors (Lipinski definition) is 1. The molecule has 1 atom stereocenters. The van der Waals surface area contributed by atoms with E-state index in [2.05, 4.69) is 23.1 Å².